The van der Waals surface area contributed by atoms with E-state index in [4.69, 9.17) is 9.90 Å². The topological polar surface area (TPSA) is 120 Å². The van der Waals surface area contributed by atoms with Crippen molar-refractivity contribution in [3.05, 3.63) is 94.0 Å². The molecule has 11 heteroatoms. The maximum atomic E-state index is 12.7. The summed E-state index contributed by atoms with van der Waals surface area (Å²) in [6.45, 7) is 3.62. The quantitative estimate of drug-likeness (QED) is 0.340. The molecule has 204 valence electrons. The van der Waals surface area contributed by atoms with Crippen LogP contribution < -0.4 is 21.3 Å². The van der Waals surface area contributed by atoms with Crippen molar-refractivity contribution >= 4 is 29.2 Å². The maximum Gasteiger partial charge on any atom is 0.490 e. The lowest BCUT2D eigenvalue weighted by molar-refractivity contribution is -0.192. The number of hydrogen-bond donors (Lipinski definition) is 5. The van der Waals surface area contributed by atoms with Crippen LogP contribution in [0.15, 0.2) is 60.7 Å². The van der Waals surface area contributed by atoms with Gasteiger partial charge in [0.1, 0.15) is 0 Å². The second-order valence-electron chi connectivity index (χ2n) is 9.11. The maximum absolute atomic E-state index is 12.7. The summed E-state index contributed by atoms with van der Waals surface area (Å²) in [4.78, 5) is 34.2. The summed E-state index contributed by atoms with van der Waals surface area (Å²) >= 11 is 0. The molecule has 39 heavy (non-hydrogen) atoms. The average Bonchev–Trinajstić information content (AvgIpc) is 2.93. The molecule has 0 saturated carbocycles. The summed E-state index contributed by atoms with van der Waals surface area (Å²) in [6, 6.07) is 18.8. The number of alkyl halides is 3. The standard InChI is InChI=1S/C26H26N4O2.C2HF3O2/c31-25(29-23-7-5-17-9-11-27-15-21(17)13-23)19-1-2-20(4-3-19)26(32)30-24-8-6-18-10-12-28-16-22(18)14-24;3-2(4,5)1(6)7/h1-8,13-14,27-28H,9-12,15-16H2,(H,29,31)(H,30,32);(H,6,7). The van der Waals surface area contributed by atoms with E-state index in [2.05, 4.69) is 33.4 Å². The Labute approximate surface area is 222 Å². The molecule has 0 aromatic heterocycles. The first-order valence-electron chi connectivity index (χ1n) is 12.3. The summed E-state index contributed by atoms with van der Waals surface area (Å²) < 4.78 is 31.7. The van der Waals surface area contributed by atoms with Crippen molar-refractivity contribution in [3.8, 4) is 0 Å². The van der Waals surface area contributed by atoms with E-state index in [0.717, 1.165) is 50.4 Å². The zero-order valence-corrected chi connectivity index (χ0v) is 20.8. The molecule has 0 spiro atoms. The monoisotopic (exact) mass is 540 g/mol. The Morgan fingerprint density at radius 2 is 1.05 bits per heavy atom. The molecule has 0 radical (unpaired) electrons. The van der Waals surface area contributed by atoms with Gasteiger partial charge < -0.3 is 26.4 Å². The van der Waals surface area contributed by atoms with Crippen LogP contribution in [0.25, 0.3) is 0 Å². The molecule has 2 aliphatic rings. The zero-order chi connectivity index (χ0) is 28.0. The Bertz CT molecular complexity index is 1280. The van der Waals surface area contributed by atoms with Gasteiger partial charge in [-0.3, -0.25) is 9.59 Å². The van der Waals surface area contributed by atoms with Crippen LogP contribution in [-0.4, -0.2) is 42.2 Å². The van der Waals surface area contributed by atoms with Crippen LogP contribution in [0.5, 0.6) is 0 Å². The Kier molecular flexibility index (Phi) is 8.62. The van der Waals surface area contributed by atoms with Crippen LogP contribution in [0, 0.1) is 0 Å². The number of halogens is 3. The van der Waals surface area contributed by atoms with Gasteiger partial charge in [0.15, 0.2) is 0 Å². The number of fused-ring (bicyclic) bond motifs is 2. The van der Waals surface area contributed by atoms with Gasteiger partial charge >= 0.3 is 12.1 Å². The molecule has 0 saturated heterocycles. The molecule has 0 unspecified atom stereocenters. The van der Waals surface area contributed by atoms with Crippen molar-refractivity contribution in [1.29, 1.82) is 0 Å². The van der Waals surface area contributed by atoms with Gasteiger partial charge in [0.25, 0.3) is 11.8 Å². The molecule has 2 aliphatic heterocycles. The third-order valence-electron chi connectivity index (χ3n) is 6.35. The lowest BCUT2D eigenvalue weighted by Gasteiger charge is -2.18. The number of aliphatic carboxylic acids is 1. The highest BCUT2D eigenvalue weighted by molar-refractivity contribution is 6.07. The molecule has 0 fully saturated rings. The van der Waals surface area contributed by atoms with Gasteiger partial charge in [0, 0.05) is 35.6 Å². The van der Waals surface area contributed by atoms with Gasteiger partial charge in [-0.05, 0) is 96.7 Å². The number of carbonyl (C=O) groups excluding carboxylic acids is 2. The Morgan fingerprint density at radius 1 is 0.667 bits per heavy atom. The minimum atomic E-state index is -5.08. The minimum Gasteiger partial charge on any atom is -0.475 e. The lowest BCUT2D eigenvalue weighted by Crippen LogP contribution is -2.24. The second kappa shape index (κ2) is 12.1. The van der Waals surface area contributed by atoms with Crippen molar-refractivity contribution in [3.63, 3.8) is 0 Å². The van der Waals surface area contributed by atoms with Crippen LogP contribution in [0.1, 0.15) is 43.0 Å². The van der Waals surface area contributed by atoms with Crippen LogP contribution in [0.2, 0.25) is 0 Å². The first-order chi connectivity index (χ1) is 18.6. The van der Waals surface area contributed by atoms with E-state index in [1.54, 1.807) is 24.3 Å². The summed E-state index contributed by atoms with van der Waals surface area (Å²) in [7, 11) is 0. The van der Waals surface area contributed by atoms with E-state index >= 15 is 0 Å². The number of carbonyl (C=O) groups is 3. The highest BCUT2D eigenvalue weighted by atomic mass is 19.4. The van der Waals surface area contributed by atoms with E-state index < -0.39 is 12.1 Å². The number of nitrogens with one attached hydrogen (secondary N) is 4. The van der Waals surface area contributed by atoms with E-state index in [1.165, 1.54) is 22.3 Å². The third-order valence-corrected chi connectivity index (χ3v) is 6.35. The van der Waals surface area contributed by atoms with E-state index in [-0.39, 0.29) is 11.8 Å². The average molecular weight is 541 g/mol. The van der Waals surface area contributed by atoms with Crippen molar-refractivity contribution in [1.82, 2.24) is 10.6 Å². The number of carboxylic acid groups (broad SMARTS) is 1. The fraction of sp³-hybridized carbons (Fsp3) is 0.250. The molecule has 0 aliphatic carbocycles. The van der Waals surface area contributed by atoms with Crippen molar-refractivity contribution < 1.29 is 32.7 Å². The second-order valence-corrected chi connectivity index (χ2v) is 9.11. The smallest absolute Gasteiger partial charge is 0.475 e. The molecule has 3 aromatic carbocycles. The first kappa shape index (κ1) is 27.8. The summed E-state index contributed by atoms with van der Waals surface area (Å²) in [5.41, 5.74) is 7.68. The van der Waals surface area contributed by atoms with E-state index in [1.807, 2.05) is 24.3 Å². The van der Waals surface area contributed by atoms with Crippen LogP contribution in [-0.2, 0) is 30.7 Å². The minimum absolute atomic E-state index is 0.192. The molecule has 0 atom stereocenters. The predicted molar refractivity (Wildman–Crippen MR) is 140 cm³/mol. The van der Waals surface area contributed by atoms with Gasteiger partial charge in [-0.25, -0.2) is 4.79 Å². The van der Waals surface area contributed by atoms with Gasteiger partial charge in [0.05, 0.1) is 0 Å². The SMILES string of the molecule is O=C(Nc1ccc2c(c1)CNCC2)c1ccc(C(=O)Nc2ccc3c(c2)CNCC3)cc1.O=C(O)C(F)(F)F. The largest absolute Gasteiger partial charge is 0.490 e. The van der Waals surface area contributed by atoms with E-state index in [0.29, 0.717) is 11.1 Å². The Hall–Kier alpha value is -4.22. The fourth-order valence-electron chi connectivity index (χ4n) is 4.30. The number of carboxylic acids is 1. The molecule has 8 nitrogen and oxygen atoms in total. The molecular weight excluding hydrogens is 513 g/mol. The highest BCUT2D eigenvalue weighted by Gasteiger charge is 2.38. The van der Waals surface area contributed by atoms with Crippen molar-refractivity contribution in [2.24, 2.45) is 0 Å². The molecule has 5 rings (SSSR count). The number of rotatable bonds is 4. The number of anilines is 2. The summed E-state index contributed by atoms with van der Waals surface area (Å²) in [6.07, 6.45) is -3.06. The molecule has 5 N–H and O–H groups in total. The summed E-state index contributed by atoms with van der Waals surface area (Å²) in [5, 5.41) is 19.7. The van der Waals surface area contributed by atoms with Gasteiger partial charge in [-0.15, -0.1) is 0 Å². The molecule has 2 amide bonds. The third kappa shape index (κ3) is 7.43. The molecule has 0 bridgehead atoms. The highest BCUT2D eigenvalue weighted by Crippen LogP contribution is 2.21. The van der Waals surface area contributed by atoms with Crippen LogP contribution in [0.4, 0.5) is 24.5 Å². The zero-order valence-electron chi connectivity index (χ0n) is 20.8. The Balaban J connectivity index is 0.000000448. The lowest BCUT2D eigenvalue weighted by atomic mass is 10.0. The summed E-state index contributed by atoms with van der Waals surface area (Å²) in [5.74, 6) is -3.14. The predicted octanol–water partition coefficient (Wildman–Crippen LogP) is 4.12. The first-order valence-corrected chi connectivity index (χ1v) is 12.3. The fourth-order valence-corrected chi connectivity index (χ4v) is 4.30. The van der Waals surface area contributed by atoms with Crippen molar-refractivity contribution in [2.45, 2.75) is 32.1 Å². The number of benzene rings is 3. The van der Waals surface area contributed by atoms with Crippen LogP contribution >= 0.6 is 0 Å². The molecule has 2 heterocycles. The van der Waals surface area contributed by atoms with Gasteiger partial charge in [-0.1, -0.05) is 12.1 Å². The molecule has 3 aromatic rings. The molecular formula is C28H27F3N4O4. The normalized spacial score (nSPS) is 14.1. The van der Waals surface area contributed by atoms with E-state index in [9.17, 15) is 22.8 Å². The van der Waals surface area contributed by atoms with Crippen LogP contribution in [0.3, 0.4) is 0 Å². The van der Waals surface area contributed by atoms with Gasteiger partial charge in [0.2, 0.25) is 0 Å². The van der Waals surface area contributed by atoms with Gasteiger partial charge in [-0.2, -0.15) is 13.2 Å². The Morgan fingerprint density at radius 3 is 1.41 bits per heavy atom. The van der Waals surface area contributed by atoms with Crippen molar-refractivity contribution in [2.75, 3.05) is 23.7 Å². The number of amides is 2. The number of hydrogen-bond acceptors (Lipinski definition) is 5.